The van der Waals surface area contributed by atoms with Gasteiger partial charge in [0.1, 0.15) is 5.75 Å². The molecule has 1 aliphatic carbocycles. The number of hydrogen-bond donors (Lipinski definition) is 2. The van der Waals surface area contributed by atoms with Crippen LogP contribution in [0.15, 0.2) is 30.3 Å². The van der Waals surface area contributed by atoms with Crippen molar-refractivity contribution in [3.63, 3.8) is 0 Å². The fourth-order valence-corrected chi connectivity index (χ4v) is 1.94. The first-order chi connectivity index (χ1) is 8.74. The number of benzene rings is 1. The smallest absolute Gasteiger partial charge is 0.267 e. The van der Waals surface area contributed by atoms with Crippen LogP contribution in [-0.2, 0) is 9.63 Å². The molecule has 0 heterocycles. The van der Waals surface area contributed by atoms with Crippen molar-refractivity contribution in [3.8, 4) is 5.75 Å². The first-order valence-electron chi connectivity index (χ1n) is 6.17. The second-order valence-corrected chi connectivity index (χ2v) is 4.42. The summed E-state index contributed by atoms with van der Waals surface area (Å²) in [6.07, 6.45) is 7.63. The third-order valence-corrected chi connectivity index (χ3v) is 2.95. The number of nitrogens with one attached hydrogen (secondary N) is 1. The van der Waals surface area contributed by atoms with Gasteiger partial charge < -0.3 is 5.11 Å². The first kappa shape index (κ1) is 12.6. The largest absolute Gasteiger partial charge is 0.508 e. The molecule has 0 spiro atoms. The minimum absolute atomic E-state index is 0.163. The van der Waals surface area contributed by atoms with Crippen LogP contribution >= 0.6 is 0 Å². The molecule has 0 atom stereocenters. The van der Waals surface area contributed by atoms with E-state index in [1.165, 1.54) is 18.9 Å². The zero-order chi connectivity index (χ0) is 12.8. The van der Waals surface area contributed by atoms with Gasteiger partial charge in [-0.25, -0.2) is 5.48 Å². The molecule has 0 bridgehead atoms. The van der Waals surface area contributed by atoms with Crippen molar-refractivity contribution >= 4 is 12.0 Å². The Kier molecular flexibility index (Phi) is 4.36. The lowest BCUT2D eigenvalue weighted by Crippen LogP contribution is -2.26. The summed E-state index contributed by atoms with van der Waals surface area (Å²) < 4.78 is 0. The van der Waals surface area contributed by atoms with Crippen LogP contribution in [0.3, 0.4) is 0 Å². The number of hydroxylamine groups is 1. The number of rotatable bonds is 4. The van der Waals surface area contributed by atoms with E-state index in [1.54, 1.807) is 30.3 Å². The van der Waals surface area contributed by atoms with Crippen LogP contribution < -0.4 is 5.48 Å². The molecule has 0 saturated heterocycles. The maximum absolute atomic E-state index is 11.5. The monoisotopic (exact) mass is 247 g/mol. The van der Waals surface area contributed by atoms with Crippen molar-refractivity contribution in [2.75, 3.05) is 0 Å². The van der Waals surface area contributed by atoms with Gasteiger partial charge in [0, 0.05) is 6.08 Å². The Bertz CT molecular complexity index is 419. The summed E-state index contributed by atoms with van der Waals surface area (Å²) in [7, 11) is 0. The van der Waals surface area contributed by atoms with Gasteiger partial charge in [0.05, 0.1) is 6.10 Å². The third-order valence-electron chi connectivity index (χ3n) is 2.95. The van der Waals surface area contributed by atoms with Crippen molar-refractivity contribution in [3.05, 3.63) is 35.9 Å². The molecule has 2 N–H and O–H groups in total. The van der Waals surface area contributed by atoms with E-state index in [9.17, 15) is 4.79 Å². The molecule has 0 radical (unpaired) electrons. The fourth-order valence-electron chi connectivity index (χ4n) is 1.94. The van der Waals surface area contributed by atoms with E-state index in [-0.39, 0.29) is 17.8 Å². The van der Waals surface area contributed by atoms with Gasteiger partial charge >= 0.3 is 0 Å². The highest BCUT2D eigenvalue weighted by atomic mass is 16.7. The van der Waals surface area contributed by atoms with Gasteiger partial charge in [-0.15, -0.1) is 0 Å². The van der Waals surface area contributed by atoms with Crippen LogP contribution in [0, 0.1) is 0 Å². The lowest BCUT2D eigenvalue weighted by atomic mass is 10.2. The molecule has 96 valence electrons. The van der Waals surface area contributed by atoms with Crippen LogP contribution in [-0.4, -0.2) is 17.1 Å². The Balaban J connectivity index is 1.77. The Morgan fingerprint density at radius 2 is 1.94 bits per heavy atom. The summed E-state index contributed by atoms with van der Waals surface area (Å²) in [5.74, 6) is -0.0591. The minimum atomic E-state index is -0.269. The molecular formula is C14H17NO3. The number of amides is 1. The van der Waals surface area contributed by atoms with Gasteiger partial charge in [0.25, 0.3) is 5.91 Å². The highest BCUT2D eigenvalue weighted by molar-refractivity contribution is 5.90. The SMILES string of the molecule is O=C(/C=C/c1ccc(O)cc1)NOC1CCCC1. The predicted octanol–water partition coefficient (Wildman–Crippen LogP) is 2.40. The van der Waals surface area contributed by atoms with Gasteiger partial charge in [0.15, 0.2) is 0 Å². The second-order valence-electron chi connectivity index (χ2n) is 4.42. The van der Waals surface area contributed by atoms with E-state index in [0.29, 0.717) is 0 Å². The van der Waals surface area contributed by atoms with Crippen LogP contribution in [0.2, 0.25) is 0 Å². The molecular weight excluding hydrogens is 230 g/mol. The highest BCUT2D eigenvalue weighted by Crippen LogP contribution is 2.19. The zero-order valence-electron chi connectivity index (χ0n) is 10.1. The van der Waals surface area contributed by atoms with E-state index in [4.69, 9.17) is 9.94 Å². The van der Waals surface area contributed by atoms with Crippen LogP contribution in [0.5, 0.6) is 5.75 Å². The molecule has 1 aromatic rings. The van der Waals surface area contributed by atoms with Crippen molar-refractivity contribution < 1.29 is 14.7 Å². The standard InChI is InChI=1S/C14H17NO3/c16-12-8-5-11(6-9-12)7-10-14(17)15-18-13-3-1-2-4-13/h5-10,13,16H,1-4H2,(H,15,17)/b10-7+. The highest BCUT2D eigenvalue weighted by Gasteiger charge is 2.16. The molecule has 1 saturated carbocycles. The third kappa shape index (κ3) is 3.89. The number of aromatic hydroxyl groups is 1. The molecule has 1 fully saturated rings. The van der Waals surface area contributed by atoms with Crippen LogP contribution in [0.25, 0.3) is 6.08 Å². The molecule has 1 aliphatic rings. The van der Waals surface area contributed by atoms with Gasteiger partial charge in [-0.1, -0.05) is 25.0 Å². The number of carbonyl (C=O) groups is 1. The minimum Gasteiger partial charge on any atom is -0.508 e. The molecule has 4 nitrogen and oxygen atoms in total. The average molecular weight is 247 g/mol. The quantitative estimate of drug-likeness (QED) is 0.634. The molecule has 0 unspecified atom stereocenters. The topological polar surface area (TPSA) is 58.6 Å². The number of carbonyl (C=O) groups excluding carboxylic acids is 1. The number of phenols is 1. The van der Waals surface area contributed by atoms with E-state index in [0.717, 1.165) is 18.4 Å². The Morgan fingerprint density at radius 3 is 2.61 bits per heavy atom. The molecule has 2 rings (SSSR count). The van der Waals surface area contributed by atoms with E-state index in [2.05, 4.69) is 5.48 Å². The van der Waals surface area contributed by atoms with Crippen molar-refractivity contribution in [2.24, 2.45) is 0 Å². The van der Waals surface area contributed by atoms with Gasteiger partial charge in [0.2, 0.25) is 0 Å². The van der Waals surface area contributed by atoms with Crippen LogP contribution in [0.1, 0.15) is 31.2 Å². The Hall–Kier alpha value is -1.81. The Labute approximate surface area is 106 Å². The maximum atomic E-state index is 11.5. The van der Waals surface area contributed by atoms with E-state index >= 15 is 0 Å². The van der Waals surface area contributed by atoms with Gasteiger partial charge in [-0.05, 0) is 36.6 Å². The van der Waals surface area contributed by atoms with Crippen molar-refractivity contribution in [2.45, 2.75) is 31.8 Å². The van der Waals surface area contributed by atoms with Gasteiger partial charge in [-0.2, -0.15) is 0 Å². The molecule has 18 heavy (non-hydrogen) atoms. The van der Waals surface area contributed by atoms with Crippen LogP contribution in [0.4, 0.5) is 0 Å². The van der Waals surface area contributed by atoms with Crippen molar-refractivity contribution in [1.29, 1.82) is 0 Å². The summed E-state index contributed by atoms with van der Waals surface area (Å²) in [4.78, 5) is 16.7. The molecule has 1 amide bonds. The fraction of sp³-hybridized carbons (Fsp3) is 0.357. The molecule has 4 heteroatoms. The number of phenolic OH excluding ortho intramolecular Hbond substituents is 1. The second kappa shape index (κ2) is 6.21. The normalized spacial score (nSPS) is 16.2. The maximum Gasteiger partial charge on any atom is 0.267 e. The molecule has 0 aliphatic heterocycles. The van der Waals surface area contributed by atoms with Crippen molar-refractivity contribution in [1.82, 2.24) is 5.48 Å². The number of hydrogen-bond acceptors (Lipinski definition) is 3. The van der Waals surface area contributed by atoms with E-state index in [1.807, 2.05) is 0 Å². The summed E-state index contributed by atoms with van der Waals surface area (Å²) in [6, 6.07) is 6.62. The molecule has 0 aromatic heterocycles. The summed E-state index contributed by atoms with van der Waals surface area (Å²) in [6.45, 7) is 0. The predicted molar refractivity (Wildman–Crippen MR) is 68.6 cm³/mol. The lowest BCUT2D eigenvalue weighted by Gasteiger charge is -2.09. The molecule has 1 aromatic carbocycles. The Morgan fingerprint density at radius 1 is 1.28 bits per heavy atom. The average Bonchev–Trinajstić information content (AvgIpc) is 2.89. The van der Waals surface area contributed by atoms with Gasteiger partial charge in [-0.3, -0.25) is 9.63 Å². The summed E-state index contributed by atoms with van der Waals surface area (Å²) >= 11 is 0. The summed E-state index contributed by atoms with van der Waals surface area (Å²) in [5.41, 5.74) is 3.28. The lowest BCUT2D eigenvalue weighted by molar-refractivity contribution is -0.132. The summed E-state index contributed by atoms with van der Waals surface area (Å²) in [5, 5.41) is 9.12. The van der Waals surface area contributed by atoms with E-state index < -0.39 is 0 Å². The first-order valence-corrected chi connectivity index (χ1v) is 6.17. The zero-order valence-corrected chi connectivity index (χ0v) is 10.1.